The summed E-state index contributed by atoms with van der Waals surface area (Å²) in [5, 5.41) is 5.07. The Kier molecular flexibility index (Phi) is 6.76. The highest BCUT2D eigenvalue weighted by Crippen LogP contribution is 2.35. The number of fused-ring (bicyclic) bond motifs is 1. The van der Waals surface area contributed by atoms with Crippen molar-refractivity contribution in [3.8, 4) is 0 Å². The Morgan fingerprint density at radius 1 is 1.17 bits per heavy atom. The van der Waals surface area contributed by atoms with Crippen molar-refractivity contribution in [1.29, 1.82) is 0 Å². The van der Waals surface area contributed by atoms with Crippen molar-refractivity contribution in [2.24, 2.45) is 0 Å². The minimum Gasteiger partial charge on any atom is -0.361 e. The van der Waals surface area contributed by atoms with Crippen LogP contribution in [0.4, 0.5) is 0 Å². The maximum absolute atomic E-state index is 12.9. The second-order valence-electron chi connectivity index (χ2n) is 8.30. The van der Waals surface area contributed by atoms with Crippen LogP contribution in [-0.2, 0) is 11.2 Å². The lowest BCUT2D eigenvalue weighted by Crippen LogP contribution is -3.10. The number of carbonyl (C=O) groups is 1. The number of likely N-dealkylation sites (tertiary alicyclic amines) is 1. The normalized spacial score (nSPS) is 15.5. The second-order valence-corrected chi connectivity index (χ2v) is 8.74. The van der Waals surface area contributed by atoms with Crippen LogP contribution in [0.5, 0.6) is 0 Å². The van der Waals surface area contributed by atoms with Gasteiger partial charge in [0, 0.05) is 47.3 Å². The van der Waals surface area contributed by atoms with Gasteiger partial charge in [0.2, 0.25) is 5.91 Å². The molecule has 0 radical (unpaired) electrons. The highest BCUT2D eigenvalue weighted by Gasteiger charge is 2.22. The number of carbonyl (C=O) groups excluding carboxylic acids is 1. The Morgan fingerprint density at radius 2 is 1.93 bits per heavy atom. The Bertz CT molecular complexity index is 989. The molecule has 0 spiro atoms. The predicted octanol–water partition coefficient (Wildman–Crippen LogP) is 3.70. The third-order valence-electron chi connectivity index (χ3n) is 6.36. The number of halogens is 1. The van der Waals surface area contributed by atoms with Crippen LogP contribution in [0.15, 0.2) is 48.7 Å². The van der Waals surface area contributed by atoms with Crippen LogP contribution < -0.4 is 10.2 Å². The van der Waals surface area contributed by atoms with Crippen LogP contribution in [0.25, 0.3) is 10.9 Å². The van der Waals surface area contributed by atoms with Crippen LogP contribution in [0.3, 0.4) is 0 Å². The molecule has 2 heterocycles. The van der Waals surface area contributed by atoms with Gasteiger partial charge in [-0.25, -0.2) is 0 Å². The van der Waals surface area contributed by atoms with Gasteiger partial charge < -0.3 is 15.2 Å². The summed E-state index contributed by atoms with van der Waals surface area (Å²) >= 11 is 6.12. The highest BCUT2D eigenvalue weighted by atomic mass is 35.5. The molecule has 0 aliphatic carbocycles. The third kappa shape index (κ3) is 4.71. The number of benzene rings is 2. The van der Waals surface area contributed by atoms with E-state index in [2.05, 4.69) is 41.6 Å². The lowest BCUT2D eigenvalue weighted by atomic mass is 9.87. The summed E-state index contributed by atoms with van der Waals surface area (Å²) in [7, 11) is 0. The first-order valence-electron chi connectivity index (χ1n) is 11.1. The summed E-state index contributed by atoms with van der Waals surface area (Å²) in [4.78, 5) is 17.9. The van der Waals surface area contributed by atoms with Gasteiger partial charge in [0.1, 0.15) is 0 Å². The average Bonchev–Trinajstić information content (AvgIpc) is 3.42. The molecule has 4 rings (SSSR count). The fourth-order valence-electron chi connectivity index (χ4n) is 4.69. The highest BCUT2D eigenvalue weighted by molar-refractivity contribution is 6.30. The molecule has 5 heteroatoms. The Balaban J connectivity index is 1.56. The van der Waals surface area contributed by atoms with Crippen molar-refractivity contribution in [3.05, 3.63) is 70.4 Å². The van der Waals surface area contributed by atoms with Crippen LogP contribution in [0.2, 0.25) is 5.02 Å². The van der Waals surface area contributed by atoms with Crippen LogP contribution in [0, 0.1) is 0 Å². The maximum atomic E-state index is 12.9. The molecule has 1 aliphatic heterocycles. The number of aromatic nitrogens is 1. The SMILES string of the molecule is CCc1cccc2c([C@@H](CC(=O)NCC[NH+]3CCCC3)c3ccc(Cl)cc3)c[nH]c12. The van der Waals surface area contributed by atoms with E-state index in [1.165, 1.54) is 48.0 Å². The van der Waals surface area contributed by atoms with E-state index in [9.17, 15) is 4.79 Å². The van der Waals surface area contributed by atoms with E-state index in [0.717, 1.165) is 25.1 Å². The van der Waals surface area contributed by atoms with Crippen molar-refractivity contribution in [2.75, 3.05) is 26.2 Å². The van der Waals surface area contributed by atoms with E-state index in [1.54, 1.807) is 4.90 Å². The van der Waals surface area contributed by atoms with Gasteiger partial charge in [0.05, 0.1) is 26.2 Å². The number of para-hydroxylation sites is 1. The van der Waals surface area contributed by atoms with Gasteiger partial charge in [-0.05, 0) is 35.2 Å². The smallest absolute Gasteiger partial charge is 0.221 e. The first-order chi connectivity index (χ1) is 14.7. The summed E-state index contributed by atoms with van der Waals surface area (Å²) in [6.07, 6.45) is 6.09. The monoisotopic (exact) mass is 424 g/mol. The largest absolute Gasteiger partial charge is 0.361 e. The molecule has 1 atom stereocenters. The number of amides is 1. The van der Waals surface area contributed by atoms with Gasteiger partial charge in [0.25, 0.3) is 0 Å². The van der Waals surface area contributed by atoms with Crippen molar-refractivity contribution in [3.63, 3.8) is 0 Å². The number of hydrogen-bond donors (Lipinski definition) is 3. The Hall–Kier alpha value is -2.30. The molecule has 4 nitrogen and oxygen atoms in total. The lowest BCUT2D eigenvalue weighted by Gasteiger charge is -2.18. The number of aryl methyl sites for hydroxylation is 1. The average molecular weight is 425 g/mol. The van der Waals surface area contributed by atoms with E-state index in [1.807, 2.05) is 24.3 Å². The zero-order valence-electron chi connectivity index (χ0n) is 17.6. The minimum atomic E-state index is -0.0118. The van der Waals surface area contributed by atoms with Crippen LogP contribution in [0.1, 0.15) is 48.8 Å². The molecular formula is C25H31ClN3O+. The maximum Gasteiger partial charge on any atom is 0.221 e. The standard InChI is InChI=1S/C25H30ClN3O/c1-2-18-6-5-7-21-23(17-28-25(18)21)22(19-8-10-20(26)11-9-19)16-24(30)27-12-15-29-13-3-4-14-29/h5-11,17,22,28H,2-4,12-16H2,1H3,(H,27,30)/p+1/t22-/m0/s1. The van der Waals surface area contributed by atoms with Gasteiger partial charge in [-0.3, -0.25) is 4.79 Å². The first kappa shape index (κ1) is 21.0. The number of rotatable bonds is 8. The summed E-state index contributed by atoms with van der Waals surface area (Å²) in [6.45, 7) is 6.40. The molecule has 30 heavy (non-hydrogen) atoms. The molecule has 3 N–H and O–H groups in total. The summed E-state index contributed by atoms with van der Waals surface area (Å²) < 4.78 is 0. The number of quaternary nitrogens is 1. The fraction of sp³-hybridized carbons (Fsp3) is 0.400. The van der Waals surface area contributed by atoms with Crippen molar-refractivity contribution in [2.45, 2.75) is 38.5 Å². The molecule has 1 saturated heterocycles. The van der Waals surface area contributed by atoms with Crippen molar-refractivity contribution in [1.82, 2.24) is 10.3 Å². The van der Waals surface area contributed by atoms with Gasteiger partial charge in [0.15, 0.2) is 0 Å². The van der Waals surface area contributed by atoms with E-state index in [4.69, 9.17) is 11.6 Å². The van der Waals surface area contributed by atoms with E-state index in [0.29, 0.717) is 11.4 Å². The number of aromatic amines is 1. The number of nitrogens with one attached hydrogen (secondary N) is 3. The Morgan fingerprint density at radius 3 is 2.67 bits per heavy atom. The second kappa shape index (κ2) is 9.67. The molecule has 3 aromatic rings. The molecular weight excluding hydrogens is 394 g/mol. The Labute approximate surface area is 183 Å². The van der Waals surface area contributed by atoms with Gasteiger partial charge >= 0.3 is 0 Å². The van der Waals surface area contributed by atoms with Crippen molar-refractivity contribution < 1.29 is 9.69 Å². The molecule has 1 fully saturated rings. The van der Waals surface area contributed by atoms with Crippen LogP contribution >= 0.6 is 11.6 Å². The van der Waals surface area contributed by atoms with Crippen LogP contribution in [-0.4, -0.2) is 37.1 Å². The molecule has 1 aromatic heterocycles. The predicted molar refractivity (Wildman–Crippen MR) is 123 cm³/mol. The summed E-state index contributed by atoms with van der Waals surface area (Å²) in [6, 6.07) is 14.3. The molecule has 158 valence electrons. The van der Waals surface area contributed by atoms with Gasteiger partial charge in [-0.1, -0.05) is 48.9 Å². The quantitative estimate of drug-likeness (QED) is 0.507. The summed E-state index contributed by atoms with van der Waals surface area (Å²) in [5.74, 6) is 0.0943. The van der Waals surface area contributed by atoms with E-state index < -0.39 is 0 Å². The lowest BCUT2D eigenvalue weighted by molar-refractivity contribution is -0.886. The zero-order valence-corrected chi connectivity index (χ0v) is 18.4. The van der Waals surface area contributed by atoms with E-state index in [-0.39, 0.29) is 11.8 Å². The first-order valence-corrected chi connectivity index (χ1v) is 11.5. The molecule has 2 aromatic carbocycles. The summed E-state index contributed by atoms with van der Waals surface area (Å²) in [5.41, 5.74) is 4.75. The third-order valence-corrected chi connectivity index (χ3v) is 6.62. The minimum absolute atomic E-state index is 0.0118. The molecule has 1 amide bonds. The molecule has 1 aliphatic rings. The number of hydrogen-bond acceptors (Lipinski definition) is 1. The molecule has 0 saturated carbocycles. The van der Waals surface area contributed by atoms with Gasteiger partial charge in [-0.15, -0.1) is 0 Å². The van der Waals surface area contributed by atoms with Gasteiger partial charge in [-0.2, -0.15) is 0 Å². The molecule has 0 bridgehead atoms. The fourth-order valence-corrected chi connectivity index (χ4v) is 4.81. The topological polar surface area (TPSA) is 49.3 Å². The van der Waals surface area contributed by atoms with Crippen molar-refractivity contribution >= 4 is 28.4 Å². The number of H-pyrrole nitrogens is 1. The van der Waals surface area contributed by atoms with E-state index >= 15 is 0 Å². The molecule has 0 unspecified atom stereocenters. The zero-order chi connectivity index (χ0) is 20.9.